The Bertz CT molecular complexity index is 704. The summed E-state index contributed by atoms with van der Waals surface area (Å²) < 4.78 is 0. The zero-order valence-electron chi connectivity index (χ0n) is 12.5. The first-order valence-corrected chi connectivity index (χ1v) is 7.61. The molecule has 2 aromatic rings. The first kappa shape index (κ1) is 14.6. The second-order valence-corrected chi connectivity index (χ2v) is 5.52. The molecule has 2 heterocycles. The van der Waals surface area contributed by atoms with Crippen molar-refractivity contribution in [2.24, 2.45) is 0 Å². The van der Waals surface area contributed by atoms with E-state index in [0.29, 0.717) is 5.56 Å². The first-order valence-electron chi connectivity index (χ1n) is 7.61. The normalized spacial score (nSPS) is 16.5. The Balaban J connectivity index is 0.000000139. The van der Waals surface area contributed by atoms with Crippen LogP contribution in [0, 0.1) is 0 Å². The summed E-state index contributed by atoms with van der Waals surface area (Å²) in [5, 5.41) is 14.0. The number of benzene rings is 2. The molecule has 1 saturated heterocycles. The van der Waals surface area contributed by atoms with Crippen molar-refractivity contribution < 1.29 is 9.90 Å². The minimum Gasteiger partial charge on any atom is -0.478 e. The van der Waals surface area contributed by atoms with Crippen LogP contribution in [0.4, 0.5) is 0 Å². The predicted molar refractivity (Wildman–Crippen MR) is 87.8 cm³/mol. The molecule has 4 nitrogen and oxygen atoms in total. The summed E-state index contributed by atoms with van der Waals surface area (Å²) >= 11 is 0. The summed E-state index contributed by atoms with van der Waals surface area (Å²) in [5.41, 5.74) is 1.87. The van der Waals surface area contributed by atoms with Gasteiger partial charge >= 0.3 is 5.97 Å². The van der Waals surface area contributed by atoms with E-state index in [4.69, 9.17) is 5.11 Å². The number of carboxylic acids is 1. The summed E-state index contributed by atoms with van der Waals surface area (Å²) in [7, 11) is 0. The number of aromatic carboxylic acids is 1. The third kappa shape index (κ3) is 3.12. The van der Waals surface area contributed by atoms with Crippen molar-refractivity contribution in [1.29, 1.82) is 0 Å². The average Bonchev–Trinajstić information content (AvgIpc) is 3.03. The summed E-state index contributed by atoms with van der Waals surface area (Å²) in [4.78, 5) is 13.2. The van der Waals surface area contributed by atoms with Crippen LogP contribution in [0.2, 0.25) is 0 Å². The molecule has 2 aliphatic rings. The van der Waals surface area contributed by atoms with E-state index in [9.17, 15) is 4.79 Å². The average molecular weight is 296 g/mol. The van der Waals surface area contributed by atoms with Gasteiger partial charge in [-0.25, -0.2) is 4.79 Å². The van der Waals surface area contributed by atoms with Gasteiger partial charge in [0, 0.05) is 18.8 Å². The Kier molecular flexibility index (Phi) is 4.39. The van der Waals surface area contributed by atoms with E-state index in [2.05, 4.69) is 16.3 Å². The van der Waals surface area contributed by atoms with E-state index in [-0.39, 0.29) is 0 Å². The van der Waals surface area contributed by atoms with Crippen molar-refractivity contribution in [3.05, 3.63) is 59.8 Å². The van der Waals surface area contributed by atoms with Crippen LogP contribution in [-0.4, -0.2) is 35.7 Å². The molecule has 0 amide bonds. The van der Waals surface area contributed by atoms with Crippen LogP contribution in [-0.2, 0) is 0 Å². The van der Waals surface area contributed by atoms with Crippen molar-refractivity contribution in [2.75, 3.05) is 19.8 Å². The zero-order valence-corrected chi connectivity index (χ0v) is 12.5. The van der Waals surface area contributed by atoms with Crippen molar-refractivity contribution in [3.8, 4) is 0 Å². The monoisotopic (exact) mass is 296 g/mol. The quantitative estimate of drug-likeness (QED) is 0.849. The fourth-order valence-corrected chi connectivity index (χ4v) is 2.92. The van der Waals surface area contributed by atoms with E-state index < -0.39 is 5.97 Å². The highest BCUT2D eigenvalue weighted by atomic mass is 16.4. The van der Waals surface area contributed by atoms with Crippen LogP contribution >= 0.6 is 0 Å². The molecular formula is C18H20N2O2. The number of nitrogens with one attached hydrogen (secondary N) is 1. The summed E-state index contributed by atoms with van der Waals surface area (Å²) in [6, 6.07) is 12.7. The standard InChI is InChI=1S/C11H8O2.C7H12N2/c12-11(13)10-7-3-5-8-4-1-2-6-9(8)10;1-2-4-9-6-8-5-7(9)3-1/h1-7H,(H,12,13);3,8H,1-2,4-6H2. The highest BCUT2D eigenvalue weighted by molar-refractivity contribution is 6.03. The van der Waals surface area contributed by atoms with Crippen LogP contribution < -0.4 is 5.32 Å². The Hall–Kier alpha value is -2.33. The van der Waals surface area contributed by atoms with Gasteiger partial charge in [0.1, 0.15) is 0 Å². The topological polar surface area (TPSA) is 52.6 Å². The van der Waals surface area contributed by atoms with Crippen LogP contribution in [0.3, 0.4) is 0 Å². The van der Waals surface area contributed by atoms with Gasteiger partial charge < -0.3 is 10.0 Å². The third-order valence-electron chi connectivity index (χ3n) is 4.05. The van der Waals surface area contributed by atoms with E-state index in [1.807, 2.05) is 30.3 Å². The highest BCUT2D eigenvalue weighted by Crippen LogP contribution is 2.18. The van der Waals surface area contributed by atoms with Gasteiger partial charge in [0.05, 0.1) is 12.2 Å². The van der Waals surface area contributed by atoms with E-state index in [0.717, 1.165) is 24.0 Å². The largest absolute Gasteiger partial charge is 0.478 e. The molecule has 0 atom stereocenters. The maximum atomic E-state index is 10.8. The van der Waals surface area contributed by atoms with Gasteiger partial charge in [-0.1, -0.05) is 42.5 Å². The van der Waals surface area contributed by atoms with Crippen molar-refractivity contribution in [1.82, 2.24) is 10.2 Å². The molecule has 2 aliphatic heterocycles. The Morgan fingerprint density at radius 1 is 1.14 bits per heavy atom. The second-order valence-electron chi connectivity index (χ2n) is 5.52. The van der Waals surface area contributed by atoms with Crippen molar-refractivity contribution in [2.45, 2.75) is 12.8 Å². The molecule has 4 heteroatoms. The van der Waals surface area contributed by atoms with Crippen LogP contribution in [0.25, 0.3) is 10.8 Å². The lowest BCUT2D eigenvalue weighted by molar-refractivity contribution is 0.0699. The Morgan fingerprint density at radius 3 is 2.77 bits per heavy atom. The summed E-state index contributed by atoms with van der Waals surface area (Å²) in [6.45, 7) is 3.44. The number of allylic oxidation sites excluding steroid dienone is 1. The smallest absolute Gasteiger partial charge is 0.336 e. The molecule has 22 heavy (non-hydrogen) atoms. The molecule has 0 spiro atoms. The van der Waals surface area contributed by atoms with Gasteiger partial charge in [0.2, 0.25) is 0 Å². The molecule has 4 rings (SSSR count). The second kappa shape index (κ2) is 6.62. The molecule has 1 fully saturated rings. The maximum Gasteiger partial charge on any atom is 0.336 e. The molecule has 0 unspecified atom stereocenters. The summed E-state index contributed by atoms with van der Waals surface area (Å²) in [6.07, 6.45) is 4.97. The van der Waals surface area contributed by atoms with Crippen molar-refractivity contribution >= 4 is 16.7 Å². The van der Waals surface area contributed by atoms with E-state index >= 15 is 0 Å². The molecule has 0 saturated carbocycles. The molecule has 2 aromatic carbocycles. The van der Waals surface area contributed by atoms with Gasteiger partial charge in [-0.2, -0.15) is 0 Å². The molecular weight excluding hydrogens is 276 g/mol. The minimum absolute atomic E-state index is 0.359. The third-order valence-corrected chi connectivity index (χ3v) is 4.05. The van der Waals surface area contributed by atoms with Gasteiger partial charge in [-0.3, -0.25) is 5.32 Å². The molecule has 0 bridgehead atoms. The number of fused-ring (bicyclic) bond motifs is 2. The van der Waals surface area contributed by atoms with Gasteiger partial charge in [-0.15, -0.1) is 0 Å². The number of carbonyl (C=O) groups is 1. The van der Waals surface area contributed by atoms with Gasteiger partial charge in [0.15, 0.2) is 0 Å². The zero-order chi connectivity index (χ0) is 15.4. The molecule has 0 aromatic heterocycles. The van der Waals surface area contributed by atoms with E-state index in [1.54, 1.807) is 12.1 Å². The number of rotatable bonds is 1. The maximum absolute atomic E-state index is 10.8. The van der Waals surface area contributed by atoms with Crippen LogP contribution in [0.1, 0.15) is 23.2 Å². The lowest BCUT2D eigenvalue weighted by atomic mass is 10.1. The Morgan fingerprint density at radius 2 is 1.95 bits per heavy atom. The fourth-order valence-electron chi connectivity index (χ4n) is 2.92. The number of hydrogen-bond acceptors (Lipinski definition) is 3. The highest BCUT2D eigenvalue weighted by Gasteiger charge is 2.17. The SMILES string of the molecule is C1=C2CNCN2CCC1.O=C(O)c1cccc2ccccc12. The summed E-state index contributed by atoms with van der Waals surface area (Å²) in [5.74, 6) is -0.878. The number of carboxylic acid groups (broad SMARTS) is 1. The van der Waals surface area contributed by atoms with Gasteiger partial charge in [0.25, 0.3) is 0 Å². The Labute approximate surface area is 130 Å². The first-order chi connectivity index (χ1) is 10.8. The van der Waals surface area contributed by atoms with Crippen LogP contribution in [0.5, 0.6) is 0 Å². The van der Waals surface area contributed by atoms with Crippen LogP contribution in [0.15, 0.2) is 54.2 Å². The number of nitrogens with zero attached hydrogens (tertiary/aromatic N) is 1. The molecule has 0 radical (unpaired) electrons. The fraction of sp³-hybridized carbons (Fsp3) is 0.278. The van der Waals surface area contributed by atoms with E-state index in [1.165, 1.54) is 25.1 Å². The predicted octanol–water partition coefficient (Wildman–Crippen LogP) is 3.06. The molecule has 2 N–H and O–H groups in total. The molecule has 114 valence electrons. The number of hydrogen-bond donors (Lipinski definition) is 2. The van der Waals surface area contributed by atoms with Crippen molar-refractivity contribution in [3.63, 3.8) is 0 Å². The minimum atomic E-state index is -0.878. The lowest BCUT2D eigenvalue weighted by Crippen LogP contribution is -2.24. The lowest BCUT2D eigenvalue weighted by Gasteiger charge is -2.22. The van der Waals surface area contributed by atoms with Gasteiger partial charge in [-0.05, 0) is 29.7 Å². The molecule has 0 aliphatic carbocycles.